The molecule has 1 aliphatic carbocycles. The Morgan fingerprint density at radius 1 is 1.24 bits per heavy atom. The van der Waals surface area contributed by atoms with Gasteiger partial charge in [-0.15, -0.1) is 0 Å². The molecule has 1 aromatic carbocycles. The summed E-state index contributed by atoms with van der Waals surface area (Å²) < 4.78 is 0. The van der Waals surface area contributed by atoms with Gasteiger partial charge in [-0.05, 0) is 42.9 Å². The Morgan fingerprint density at radius 3 is 2.52 bits per heavy atom. The molecule has 2 atom stereocenters. The average Bonchev–Trinajstić information content (AvgIpc) is 2.59. The lowest BCUT2D eigenvalue weighted by Crippen LogP contribution is -2.33. The van der Waals surface area contributed by atoms with Crippen LogP contribution in [0.1, 0.15) is 55.5 Å². The van der Waals surface area contributed by atoms with Crippen molar-refractivity contribution in [1.82, 2.24) is 10.2 Å². The van der Waals surface area contributed by atoms with Crippen LogP contribution >= 0.6 is 0 Å². The van der Waals surface area contributed by atoms with Gasteiger partial charge in [0, 0.05) is 31.6 Å². The Kier molecular flexibility index (Phi) is 7.00. The maximum absolute atomic E-state index is 12.3. The van der Waals surface area contributed by atoms with Crippen molar-refractivity contribution in [2.75, 3.05) is 13.6 Å². The molecule has 138 valence electrons. The largest absolute Gasteiger partial charge is 0.393 e. The van der Waals surface area contributed by atoms with E-state index in [0.717, 1.165) is 31.2 Å². The molecule has 0 heterocycles. The fourth-order valence-corrected chi connectivity index (χ4v) is 3.34. The highest BCUT2D eigenvalue weighted by Gasteiger charge is 2.20. The van der Waals surface area contributed by atoms with Crippen molar-refractivity contribution in [2.45, 2.75) is 52.2 Å². The monoisotopic (exact) mass is 346 g/mol. The van der Waals surface area contributed by atoms with E-state index in [2.05, 4.69) is 5.32 Å². The number of benzene rings is 1. The zero-order valence-electron chi connectivity index (χ0n) is 15.5. The minimum Gasteiger partial charge on any atom is -0.393 e. The van der Waals surface area contributed by atoms with Crippen molar-refractivity contribution in [3.05, 3.63) is 35.4 Å². The van der Waals surface area contributed by atoms with Gasteiger partial charge in [-0.3, -0.25) is 9.59 Å². The zero-order valence-corrected chi connectivity index (χ0v) is 15.5. The third kappa shape index (κ3) is 5.85. The van der Waals surface area contributed by atoms with Gasteiger partial charge in [0.1, 0.15) is 0 Å². The van der Waals surface area contributed by atoms with E-state index in [-0.39, 0.29) is 23.8 Å². The van der Waals surface area contributed by atoms with Crippen LogP contribution in [0, 0.1) is 11.8 Å². The van der Waals surface area contributed by atoms with Gasteiger partial charge >= 0.3 is 0 Å². The molecule has 1 aromatic rings. The summed E-state index contributed by atoms with van der Waals surface area (Å²) in [4.78, 5) is 25.9. The Morgan fingerprint density at radius 2 is 1.92 bits per heavy atom. The summed E-state index contributed by atoms with van der Waals surface area (Å²) in [5, 5.41) is 12.7. The van der Waals surface area contributed by atoms with E-state index in [0.29, 0.717) is 24.6 Å². The molecule has 2 unspecified atom stereocenters. The number of hydrogen-bond acceptors (Lipinski definition) is 3. The number of carbonyl (C=O) groups is 2. The van der Waals surface area contributed by atoms with Crippen LogP contribution in [0.5, 0.6) is 0 Å². The Labute approximate surface area is 150 Å². The van der Waals surface area contributed by atoms with Crippen LogP contribution in [-0.4, -0.2) is 41.5 Å². The molecule has 2 rings (SSSR count). The predicted octanol–water partition coefficient (Wildman–Crippen LogP) is 2.58. The maximum atomic E-state index is 12.3. The van der Waals surface area contributed by atoms with Crippen LogP contribution in [0.3, 0.4) is 0 Å². The van der Waals surface area contributed by atoms with Crippen molar-refractivity contribution >= 4 is 11.8 Å². The van der Waals surface area contributed by atoms with Gasteiger partial charge in [0.25, 0.3) is 5.91 Å². The molecule has 2 N–H and O–H groups in total. The molecule has 0 aliphatic heterocycles. The Hall–Kier alpha value is -1.88. The van der Waals surface area contributed by atoms with Crippen molar-refractivity contribution in [1.29, 1.82) is 0 Å². The summed E-state index contributed by atoms with van der Waals surface area (Å²) in [5.41, 5.74) is 1.63. The zero-order chi connectivity index (χ0) is 18.4. The van der Waals surface area contributed by atoms with Crippen LogP contribution in [0.2, 0.25) is 0 Å². The van der Waals surface area contributed by atoms with Gasteiger partial charge in [0.2, 0.25) is 5.91 Å². The van der Waals surface area contributed by atoms with E-state index in [1.54, 1.807) is 24.1 Å². The molecule has 0 saturated heterocycles. The minimum atomic E-state index is -0.222. The number of aliphatic hydroxyl groups is 1. The summed E-state index contributed by atoms with van der Waals surface area (Å²) in [6.45, 7) is 4.93. The number of rotatable bonds is 6. The van der Waals surface area contributed by atoms with Gasteiger partial charge in [-0.2, -0.15) is 0 Å². The van der Waals surface area contributed by atoms with E-state index in [4.69, 9.17) is 0 Å². The molecule has 5 heteroatoms. The van der Waals surface area contributed by atoms with Crippen LogP contribution < -0.4 is 5.32 Å². The van der Waals surface area contributed by atoms with Crippen LogP contribution in [0.4, 0.5) is 0 Å². The first-order valence-electron chi connectivity index (χ1n) is 9.17. The van der Waals surface area contributed by atoms with Crippen molar-refractivity contribution in [2.24, 2.45) is 11.8 Å². The number of aliphatic hydroxyl groups excluding tert-OH is 1. The predicted molar refractivity (Wildman–Crippen MR) is 98.1 cm³/mol. The first kappa shape index (κ1) is 19.4. The molecule has 2 amide bonds. The van der Waals surface area contributed by atoms with Gasteiger partial charge in [0.15, 0.2) is 0 Å². The first-order valence-corrected chi connectivity index (χ1v) is 9.17. The molecule has 1 fully saturated rings. The normalized spacial score (nSPS) is 20.4. The molecular formula is C20H30N2O3. The summed E-state index contributed by atoms with van der Waals surface area (Å²) in [7, 11) is 1.79. The van der Waals surface area contributed by atoms with Crippen LogP contribution in [0.15, 0.2) is 24.3 Å². The highest BCUT2D eigenvalue weighted by molar-refractivity contribution is 5.94. The van der Waals surface area contributed by atoms with Gasteiger partial charge in [0.05, 0.1) is 6.10 Å². The molecule has 0 aromatic heterocycles. The van der Waals surface area contributed by atoms with Gasteiger partial charge < -0.3 is 15.3 Å². The third-order valence-electron chi connectivity index (χ3n) is 4.81. The summed E-state index contributed by atoms with van der Waals surface area (Å²) >= 11 is 0. The highest BCUT2D eigenvalue weighted by atomic mass is 16.3. The highest BCUT2D eigenvalue weighted by Crippen LogP contribution is 2.23. The van der Waals surface area contributed by atoms with Crippen molar-refractivity contribution < 1.29 is 14.7 Å². The van der Waals surface area contributed by atoms with E-state index >= 15 is 0 Å². The number of carbonyl (C=O) groups excluding carboxylic acids is 2. The smallest absolute Gasteiger partial charge is 0.251 e. The second kappa shape index (κ2) is 8.99. The second-order valence-corrected chi connectivity index (χ2v) is 7.44. The third-order valence-corrected chi connectivity index (χ3v) is 4.81. The van der Waals surface area contributed by atoms with Gasteiger partial charge in [-0.25, -0.2) is 0 Å². The Balaban J connectivity index is 1.84. The lowest BCUT2D eigenvalue weighted by Gasteiger charge is -2.25. The summed E-state index contributed by atoms with van der Waals surface area (Å²) in [5.74, 6) is 0.366. The fraction of sp³-hybridized carbons (Fsp3) is 0.600. The van der Waals surface area contributed by atoms with Crippen molar-refractivity contribution in [3.63, 3.8) is 0 Å². The molecule has 25 heavy (non-hydrogen) atoms. The number of hydrogen-bond donors (Lipinski definition) is 2. The number of amides is 2. The molecule has 5 nitrogen and oxygen atoms in total. The molecule has 1 saturated carbocycles. The lowest BCUT2D eigenvalue weighted by molar-refractivity contribution is -0.133. The number of nitrogens with zero attached hydrogens (tertiary/aromatic N) is 1. The van der Waals surface area contributed by atoms with Crippen LogP contribution in [-0.2, 0) is 11.3 Å². The second-order valence-electron chi connectivity index (χ2n) is 7.44. The van der Waals surface area contributed by atoms with E-state index in [1.807, 2.05) is 26.0 Å². The molecule has 0 bridgehead atoms. The minimum absolute atomic E-state index is 0.0200. The van der Waals surface area contributed by atoms with Crippen LogP contribution in [0.25, 0.3) is 0 Å². The maximum Gasteiger partial charge on any atom is 0.251 e. The van der Waals surface area contributed by atoms with E-state index in [1.165, 1.54) is 0 Å². The SMILES string of the molecule is CC(C)C(=O)N(C)Cc1ccc(C(=O)NCC2CCCC(O)C2)cc1. The topological polar surface area (TPSA) is 69.6 Å². The van der Waals surface area contributed by atoms with Gasteiger partial charge in [-0.1, -0.05) is 32.4 Å². The lowest BCUT2D eigenvalue weighted by atomic mass is 9.87. The fourth-order valence-electron chi connectivity index (χ4n) is 3.34. The molecular weight excluding hydrogens is 316 g/mol. The molecule has 1 aliphatic rings. The quantitative estimate of drug-likeness (QED) is 0.832. The first-order chi connectivity index (χ1) is 11.9. The summed E-state index contributed by atoms with van der Waals surface area (Å²) in [6, 6.07) is 7.38. The summed E-state index contributed by atoms with van der Waals surface area (Å²) in [6.07, 6.45) is 3.51. The molecule has 0 radical (unpaired) electrons. The van der Waals surface area contributed by atoms with E-state index in [9.17, 15) is 14.7 Å². The van der Waals surface area contributed by atoms with Crippen molar-refractivity contribution in [3.8, 4) is 0 Å². The standard InChI is InChI=1S/C20H30N2O3/c1-14(2)20(25)22(3)13-15-7-9-17(10-8-15)19(24)21-12-16-5-4-6-18(23)11-16/h7-10,14,16,18,23H,4-6,11-13H2,1-3H3,(H,21,24). The Bertz CT molecular complexity index is 583. The molecule has 0 spiro atoms. The number of nitrogens with one attached hydrogen (secondary N) is 1. The average molecular weight is 346 g/mol. The van der Waals surface area contributed by atoms with E-state index < -0.39 is 0 Å².